The summed E-state index contributed by atoms with van der Waals surface area (Å²) < 4.78 is 10.8. The zero-order chi connectivity index (χ0) is 24.0. The molecule has 1 atom stereocenters. The van der Waals surface area contributed by atoms with E-state index in [2.05, 4.69) is 10.6 Å². The zero-order valence-corrected chi connectivity index (χ0v) is 18.4. The second kappa shape index (κ2) is 11.1. The van der Waals surface area contributed by atoms with Crippen molar-refractivity contribution in [3.8, 4) is 0 Å². The number of rotatable bonds is 11. The Morgan fingerprint density at radius 3 is 2.52 bits per heavy atom. The van der Waals surface area contributed by atoms with Gasteiger partial charge in [0.25, 0.3) is 0 Å². The first-order chi connectivity index (χ1) is 15.8. The highest BCUT2D eigenvalue weighted by Crippen LogP contribution is 2.37. The zero-order valence-electron chi connectivity index (χ0n) is 18.4. The molecule has 1 saturated heterocycles. The van der Waals surface area contributed by atoms with Gasteiger partial charge < -0.3 is 47.1 Å². The van der Waals surface area contributed by atoms with E-state index >= 15 is 0 Å². The Morgan fingerprint density at radius 2 is 1.91 bits per heavy atom. The van der Waals surface area contributed by atoms with Gasteiger partial charge >= 0.3 is 7.12 Å². The molecular formula is C20H31BN6O6. The number of anilines is 1. The van der Waals surface area contributed by atoms with Crippen LogP contribution < -0.4 is 33.3 Å². The lowest BCUT2D eigenvalue weighted by Gasteiger charge is -2.38. The van der Waals surface area contributed by atoms with Crippen molar-refractivity contribution in [2.24, 2.45) is 17.2 Å². The largest absolute Gasteiger partial charge is 0.492 e. The van der Waals surface area contributed by atoms with Gasteiger partial charge in [0, 0.05) is 38.3 Å². The summed E-state index contributed by atoms with van der Waals surface area (Å²) >= 11 is 0. The minimum Gasteiger partial charge on any atom is -0.423 e. The SMILES string of the molecule is NCCN(CCN)C(=O)CCC(N)C(=O)NCC(=O)Nc1ccc2c(c1)B(O)OC21COC1. The molecule has 2 heterocycles. The van der Waals surface area contributed by atoms with Crippen LogP contribution in [0.15, 0.2) is 18.2 Å². The maximum absolute atomic E-state index is 12.3. The van der Waals surface area contributed by atoms with E-state index in [9.17, 15) is 19.4 Å². The van der Waals surface area contributed by atoms with Gasteiger partial charge in [0.2, 0.25) is 17.7 Å². The van der Waals surface area contributed by atoms with Crippen LogP contribution in [0.5, 0.6) is 0 Å². The van der Waals surface area contributed by atoms with E-state index in [0.717, 1.165) is 5.56 Å². The quantitative estimate of drug-likeness (QED) is 0.181. The second-order valence-corrected chi connectivity index (χ2v) is 8.13. The molecule has 1 aromatic carbocycles. The third-order valence-electron chi connectivity index (χ3n) is 5.68. The molecule has 3 rings (SSSR count). The van der Waals surface area contributed by atoms with E-state index < -0.39 is 30.6 Å². The molecule has 12 nitrogen and oxygen atoms in total. The molecule has 2 aliphatic rings. The molecule has 1 unspecified atom stereocenters. The standard InChI is InChI=1S/C20H31BN6O6/c22-5-7-27(8-6-23)18(29)4-3-16(24)19(30)25-10-17(28)26-13-1-2-14-15(9-13)21(31)33-20(14)11-32-12-20/h1-2,9,16,31H,3-8,10-12,22-24H2,(H,25,30)(H,26,28). The Morgan fingerprint density at radius 1 is 1.21 bits per heavy atom. The Bertz CT molecular complexity index is 877. The molecule has 0 bridgehead atoms. The van der Waals surface area contributed by atoms with Crippen molar-refractivity contribution in [2.45, 2.75) is 24.5 Å². The number of hydrogen-bond donors (Lipinski definition) is 6. The number of nitrogens with zero attached hydrogens (tertiary/aromatic N) is 1. The summed E-state index contributed by atoms with van der Waals surface area (Å²) in [5, 5.41) is 15.3. The monoisotopic (exact) mass is 462 g/mol. The normalized spacial score (nSPS) is 16.7. The predicted molar refractivity (Wildman–Crippen MR) is 121 cm³/mol. The van der Waals surface area contributed by atoms with Crippen LogP contribution in [0.4, 0.5) is 5.69 Å². The maximum Gasteiger partial charge on any atom is 0.492 e. The molecule has 0 aromatic heterocycles. The lowest BCUT2D eigenvalue weighted by molar-refractivity contribution is -0.168. The Kier molecular flexibility index (Phi) is 8.40. The molecule has 2 aliphatic heterocycles. The van der Waals surface area contributed by atoms with Crippen LogP contribution in [-0.2, 0) is 29.4 Å². The van der Waals surface area contributed by atoms with Crippen LogP contribution in [0.2, 0.25) is 0 Å². The number of amides is 3. The molecular weight excluding hydrogens is 431 g/mol. The third-order valence-corrected chi connectivity index (χ3v) is 5.68. The van der Waals surface area contributed by atoms with Crippen molar-refractivity contribution in [2.75, 3.05) is 51.3 Å². The number of benzene rings is 1. The highest BCUT2D eigenvalue weighted by atomic mass is 16.6. The van der Waals surface area contributed by atoms with Gasteiger partial charge in [-0.3, -0.25) is 14.4 Å². The molecule has 0 radical (unpaired) electrons. The Balaban J connectivity index is 1.43. The molecule has 0 aliphatic carbocycles. The van der Waals surface area contributed by atoms with E-state index in [0.29, 0.717) is 50.5 Å². The van der Waals surface area contributed by atoms with Gasteiger partial charge in [-0.1, -0.05) is 6.07 Å². The third kappa shape index (κ3) is 5.88. The molecule has 0 saturated carbocycles. The second-order valence-electron chi connectivity index (χ2n) is 8.13. The molecule has 9 N–H and O–H groups in total. The maximum atomic E-state index is 12.3. The number of nitrogens with one attached hydrogen (secondary N) is 2. The summed E-state index contributed by atoms with van der Waals surface area (Å²) in [4.78, 5) is 38.2. The van der Waals surface area contributed by atoms with E-state index in [1.54, 1.807) is 18.2 Å². The van der Waals surface area contributed by atoms with Crippen molar-refractivity contribution in [1.82, 2.24) is 10.2 Å². The Hall–Kier alpha value is -2.55. The summed E-state index contributed by atoms with van der Waals surface area (Å²) in [5.41, 5.74) is 18.1. The molecule has 33 heavy (non-hydrogen) atoms. The van der Waals surface area contributed by atoms with Gasteiger partial charge in [-0.15, -0.1) is 0 Å². The fourth-order valence-corrected chi connectivity index (χ4v) is 3.86. The first kappa shape index (κ1) is 25.1. The van der Waals surface area contributed by atoms with Crippen molar-refractivity contribution in [3.05, 3.63) is 23.8 Å². The Labute approximate surface area is 192 Å². The van der Waals surface area contributed by atoms with Crippen LogP contribution in [0.3, 0.4) is 0 Å². The lowest BCUT2D eigenvalue weighted by Crippen LogP contribution is -2.47. The van der Waals surface area contributed by atoms with Gasteiger partial charge in [-0.05, 0) is 29.6 Å². The van der Waals surface area contributed by atoms with Gasteiger partial charge in [-0.2, -0.15) is 0 Å². The summed E-state index contributed by atoms with van der Waals surface area (Å²) in [5.74, 6) is -1.17. The lowest BCUT2D eigenvalue weighted by atomic mass is 9.77. The number of carbonyl (C=O) groups is 3. The number of nitrogens with two attached hydrogens (primary N) is 3. The van der Waals surface area contributed by atoms with Crippen molar-refractivity contribution < 1.29 is 28.8 Å². The minimum atomic E-state index is -1.09. The van der Waals surface area contributed by atoms with Crippen LogP contribution in [0.25, 0.3) is 0 Å². The van der Waals surface area contributed by atoms with Crippen LogP contribution >= 0.6 is 0 Å². The van der Waals surface area contributed by atoms with Gasteiger partial charge in [0.15, 0.2) is 0 Å². The van der Waals surface area contributed by atoms with Crippen molar-refractivity contribution in [3.63, 3.8) is 0 Å². The number of carbonyl (C=O) groups excluding carboxylic acids is 3. The number of fused-ring (bicyclic) bond motifs is 2. The van der Waals surface area contributed by atoms with Crippen molar-refractivity contribution >= 4 is 36.0 Å². The smallest absolute Gasteiger partial charge is 0.423 e. The first-order valence-electron chi connectivity index (χ1n) is 10.9. The molecule has 1 aromatic rings. The van der Waals surface area contributed by atoms with Gasteiger partial charge in [-0.25, -0.2) is 0 Å². The van der Waals surface area contributed by atoms with Gasteiger partial charge in [0.1, 0.15) is 5.60 Å². The summed E-state index contributed by atoms with van der Waals surface area (Å²) in [6.07, 6.45) is 0.207. The molecule has 13 heteroatoms. The van der Waals surface area contributed by atoms with E-state index in [4.69, 9.17) is 26.6 Å². The number of ether oxygens (including phenoxy) is 1. The summed E-state index contributed by atoms with van der Waals surface area (Å²) in [6, 6.07) is 4.19. The fourth-order valence-electron chi connectivity index (χ4n) is 3.86. The topological polar surface area (TPSA) is 195 Å². The molecule has 1 fully saturated rings. The van der Waals surface area contributed by atoms with Crippen molar-refractivity contribution in [1.29, 1.82) is 0 Å². The van der Waals surface area contributed by atoms with Gasteiger partial charge in [0.05, 0.1) is 25.8 Å². The summed E-state index contributed by atoms with van der Waals surface area (Å²) in [7, 11) is -1.09. The average molecular weight is 462 g/mol. The fraction of sp³-hybridized carbons (Fsp3) is 0.550. The summed E-state index contributed by atoms with van der Waals surface area (Å²) in [6.45, 7) is 1.87. The van der Waals surface area contributed by atoms with Crippen LogP contribution in [0.1, 0.15) is 18.4 Å². The number of hydrogen-bond acceptors (Lipinski definition) is 9. The molecule has 3 amide bonds. The highest BCUT2D eigenvalue weighted by molar-refractivity contribution is 6.62. The molecule has 1 spiro atoms. The molecule has 180 valence electrons. The van der Waals surface area contributed by atoms with Crippen LogP contribution in [-0.4, -0.2) is 86.7 Å². The predicted octanol–water partition coefficient (Wildman–Crippen LogP) is -3.46. The minimum absolute atomic E-state index is 0.0762. The first-order valence-corrected chi connectivity index (χ1v) is 10.9. The van der Waals surface area contributed by atoms with Crippen LogP contribution in [0, 0.1) is 0 Å². The van der Waals surface area contributed by atoms with E-state index in [1.165, 1.54) is 4.90 Å². The highest BCUT2D eigenvalue weighted by Gasteiger charge is 2.52. The average Bonchev–Trinajstić information content (AvgIpc) is 3.08. The van der Waals surface area contributed by atoms with E-state index in [1.807, 2.05) is 0 Å². The van der Waals surface area contributed by atoms with E-state index in [-0.39, 0.29) is 25.3 Å².